The fraction of sp³-hybridized carbons (Fsp3) is 0.211. The van der Waals surface area contributed by atoms with Crippen LogP contribution in [0.1, 0.15) is 15.4 Å². The van der Waals surface area contributed by atoms with E-state index < -0.39 is 0 Å². The molecule has 0 aliphatic rings. The average Bonchev–Trinajstić information content (AvgIpc) is 2.91. The number of ether oxygens (including phenoxy) is 1. The number of hydrogen-bond acceptors (Lipinski definition) is 4. The summed E-state index contributed by atoms with van der Waals surface area (Å²) < 4.78 is 5.75. The molecule has 0 bridgehead atoms. The first-order valence-electron chi connectivity index (χ1n) is 7.64. The highest BCUT2D eigenvalue weighted by Crippen LogP contribution is 2.28. The van der Waals surface area contributed by atoms with Gasteiger partial charge in [-0.05, 0) is 26.0 Å². The van der Waals surface area contributed by atoms with Crippen LogP contribution in [0.25, 0.3) is 11.3 Å². The van der Waals surface area contributed by atoms with Crippen molar-refractivity contribution >= 4 is 17.0 Å². The number of aromatic nitrogens is 1. The molecule has 0 radical (unpaired) electrons. The van der Waals surface area contributed by atoms with Gasteiger partial charge < -0.3 is 10.5 Å². The highest BCUT2D eigenvalue weighted by atomic mass is 32.1. The summed E-state index contributed by atoms with van der Waals surface area (Å²) in [6.07, 6.45) is 0.783. The standard InChI is InChI=1S/C19H20N2OS/c1-13-7-9-15(10-8-13)19-14(2)23-18(21-19)11-12-22-17-6-4-3-5-16(17)20/h3-10H,11-12,20H2,1-2H3. The van der Waals surface area contributed by atoms with Crippen LogP contribution in [0.2, 0.25) is 0 Å². The van der Waals surface area contributed by atoms with Crippen molar-refractivity contribution < 1.29 is 4.74 Å². The van der Waals surface area contributed by atoms with E-state index >= 15 is 0 Å². The van der Waals surface area contributed by atoms with E-state index in [-0.39, 0.29) is 0 Å². The molecule has 1 heterocycles. The lowest BCUT2D eigenvalue weighted by Gasteiger charge is -2.07. The predicted molar refractivity (Wildman–Crippen MR) is 97.1 cm³/mol. The smallest absolute Gasteiger partial charge is 0.142 e. The maximum absolute atomic E-state index is 5.88. The quantitative estimate of drug-likeness (QED) is 0.696. The van der Waals surface area contributed by atoms with E-state index in [4.69, 9.17) is 15.5 Å². The van der Waals surface area contributed by atoms with Crippen molar-refractivity contribution in [3.63, 3.8) is 0 Å². The fourth-order valence-electron chi connectivity index (χ4n) is 2.40. The van der Waals surface area contributed by atoms with Crippen molar-refractivity contribution in [2.75, 3.05) is 12.3 Å². The SMILES string of the molecule is Cc1ccc(-c2nc(CCOc3ccccc3N)sc2C)cc1. The molecule has 0 fully saturated rings. The van der Waals surface area contributed by atoms with Gasteiger partial charge in [0.15, 0.2) is 0 Å². The number of anilines is 1. The van der Waals surface area contributed by atoms with Crippen molar-refractivity contribution in [3.8, 4) is 17.0 Å². The maximum Gasteiger partial charge on any atom is 0.142 e. The van der Waals surface area contributed by atoms with E-state index in [1.807, 2.05) is 24.3 Å². The average molecular weight is 324 g/mol. The summed E-state index contributed by atoms with van der Waals surface area (Å²) in [5.41, 5.74) is 10.1. The third-order valence-electron chi connectivity index (χ3n) is 3.66. The molecule has 0 atom stereocenters. The molecule has 3 nitrogen and oxygen atoms in total. The van der Waals surface area contributed by atoms with E-state index in [0.717, 1.165) is 22.9 Å². The molecule has 0 amide bonds. The minimum absolute atomic E-state index is 0.578. The Kier molecular flexibility index (Phi) is 4.63. The minimum Gasteiger partial charge on any atom is -0.491 e. The Balaban J connectivity index is 1.67. The number of aryl methyl sites for hydroxylation is 2. The first-order valence-corrected chi connectivity index (χ1v) is 8.46. The highest BCUT2D eigenvalue weighted by Gasteiger charge is 2.10. The minimum atomic E-state index is 0.578. The Hall–Kier alpha value is -2.33. The van der Waals surface area contributed by atoms with Crippen molar-refractivity contribution in [1.29, 1.82) is 0 Å². The maximum atomic E-state index is 5.88. The third-order valence-corrected chi connectivity index (χ3v) is 4.69. The zero-order valence-corrected chi connectivity index (χ0v) is 14.2. The van der Waals surface area contributed by atoms with Gasteiger partial charge in [0.25, 0.3) is 0 Å². The molecular formula is C19H20N2OS. The topological polar surface area (TPSA) is 48.1 Å². The molecule has 4 heteroatoms. The van der Waals surface area contributed by atoms with Gasteiger partial charge in [0.1, 0.15) is 5.75 Å². The van der Waals surface area contributed by atoms with Crippen LogP contribution < -0.4 is 10.5 Å². The summed E-state index contributed by atoms with van der Waals surface area (Å²) in [7, 11) is 0. The van der Waals surface area contributed by atoms with E-state index in [1.165, 1.54) is 16.0 Å². The molecule has 2 N–H and O–H groups in total. The lowest BCUT2D eigenvalue weighted by molar-refractivity contribution is 0.323. The summed E-state index contributed by atoms with van der Waals surface area (Å²) >= 11 is 1.73. The van der Waals surface area contributed by atoms with Crippen molar-refractivity contribution in [1.82, 2.24) is 4.98 Å². The van der Waals surface area contributed by atoms with Crippen LogP contribution in [0.15, 0.2) is 48.5 Å². The second kappa shape index (κ2) is 6.84. The number of nitrogens with two attached hydrogens (primary N) is 1. The molecule has 3 aromatic rings. The van der Waals surface area contributed by atoms with Crippen LogP contribution in [-0.2, 0) is 6.42 Å². The highest BCUT2D eigenvalue weighted by molar-refractivity contribution is 7.12. The first kappa shape index (κ1) is 15.6. The largest absolute Gasteiger partial charge is 0.491 e. The van der Waals surface area contributed by atoms with Gasteiger partial charge in [-0.15, -0.1) is 11.3 Å². The van der Waals surface area contributed by atoms with Crippen LogP contribution in [0, 0.1) is 13.8 Å². The number of hydrogen-bond donors (Lipinski definition) is 1. The number of nitrogens with zero attached hydrogens (tertiary/aromatic N) is 1. The molecule has 118 valence electrons. The predicted octanol–water partition coefficient (Wildman–Crippen LogP) is 4.63. The molecule has 1 aromatic heterocycles. The molecule has 2 aromatic carbocycles. The molecule has 0 unspecified atom stereocenters. The molecule has 23 heavy (non-hydrogen) atoms. The molecule has 0 saturated heterocycles. The van der Waals surface area contributed by atoms with Gasteiger partial charge >= 0.3 is 0 Å². The molecule has 0 spiro atoms. The van der Waals surface area contributed by atoms with Crippen LogP contribution in [0.5, 0.6) is 5.75 Å². The van der Waals surface area contributed by atoms with Crippen molar-refractivity contribution in [3.05, 3.63) is 64.0 Å². The zero-order valence-electron chi connectivity index (χ0n) is 13.4. The number of rotatable bonds is 5. The second-order valence-electron chi connectivity index (χ2n) is 5.51. The van der Waals surface area contributed by atoms with E-state index in [1.54, 1.807) is 11.3 Å². The van der Waals surface area contributed by atoms with Crippen LogP contribution in [-0.4, -0.2) is 11.6 Å². The van der Waals surface area contributed by atoms with Crippen LogP contribution >= 0.6 is 11.3 Å². The summed E-state index contributed by atoms with van der Waals surface area (Å²) in [6.45, 7) is 4.79. The number of nitrogen functional groups attached to an aromatic ring is 1. The van der Waals surface area contributed by atoms with Gasteiger partial charge in [0, 0.05) is 16.9 Å². The van der Waals surface area contributed by atoms with E-state index in [0.29, 0.717) is 12.3 Å². The fourth-order valence-corrected chi connectivity index (χ4v) is 3.33. The Morgan fingerprint density at radius 2 is 1.78 bits per heavy atom. The molecular weight excluding hydrogens is 304 g/mol. The van der Waals surface area contributed by atoms with Crippen molar-refractivity contribution in [2.24, 2.45) is 0 Å². The molecule has 0 saturated carbocycles. The Bertz CT molecular complexity index is 793. The second-order valence-corrected chi connectivity index (χ2v) is 6.80. The normalized spacial score (nSPS) is 10.7. The Morgan fingerprint density at radius 3 is 2.52 bits per heavy atom. The third kappa shape index (κ3) is 3.71. The lowest BCUT2D eigenvalue weighted by atomic mass is 10.1. The van der Waals surface area contributed by atoms with Crippen LogP contribution in [0.4, 0.5) is 5.69 Å². The summed E-state index contributed by atoms with van der Waals surface area (Å²) in [5.74, 6) is 0.736. The monoisotopic (exact) mass is 324 g/mol. The number of para-hydroxylation sites is 2. The van der Waals surface area contributed by atoms with E-state index in [2.05, 4.69) is 38.1 Å². The van der Waals surface area contributed by atoms with Gasteiger partial charge in [-0.2, -0.15) is 0 Å². The first-order chi connectivity index (χ1) is 11.1. The molecule has 0 aliphatic heterocycles. The lowest BCUT2D eigenvalue weighted by Crippen LogP contribution is -2.03. The van der Waals surface area contributed by atoms with E-state index in [9.17, 15) is 0 Å². The van der Waals surface area contributed by atoms with Gasteiger partial charge in [-0.25, -0.2) is 4.98 Å². The Labute approximate surface area is 140 Å². The van der Waals surface area contributed by atoms with Gasteiger partial charge in [-0.1, -0.05) is 42.0 Å². The van der Waals surface area contributed by atoms with Crippen molar-refractivity contribution in [2.45, 2.75) is 20.3 Å². The number of thiazole rings is 1. The molecule has 3 rings (SSSR count). The van der Waals surface area contributed by atoms with Gasteiger partial charge in [0.2, 0.25) is 0 Å². The summed E-state index contributed by atoms with van der Waals surface area (Å²) in [5, 5.41) is 1.09. The van der Waals surface area contributed by atoms with Crippen LogP contribution in [0.3, 0.4) is 0 Å². The zero-order chi connectivity index (χ0) is 16.2. The number of benzene rings is 2. The van der Waals surface area contributed by atoms with Gasteiger partial charge in [-0.3, -0.25) is 0 Å². The molecule has 0 aliphatic carbocycles. The summed E-state index contributed by atoms with van der Waals surface area (Å²) in [4.78, 5) is 6.01. The Morgan fingerprint density at radius 1 is 1.04 bits per heavy atom. The summed E-state index contributed by atoms with van der Waals surface area (Å²) in [6, 6.07) is 16.1. The van der Waals surface area contributed by atoms with Gasteiger partial charge in [0.05, 0.1) is 23.0 Å².